The van der Waals surface area contributed by atoms with Gasteiger partial charge in [0.05, 0.1) is 6.61 Å². The molecule has 0 fully saturated rings. The molecule has 0 aliphatic carbocycles. The Hall–Kier alpha value is -0.873. The summed E-state index contributed by atoms with van der Waals surface area (Å²) in [5.74, 6) is 1.74. The molecule has 120 valence electrons. The minimum atomic E-state index is -1.66. The Morgan fingerprint density at radius 1 is 1.29 bits per heavy atom. The normalized spacial score (nSPS) is 13.3. The van der Waals surface area contributed by atoms with E-state index in [0.29, 0.717) is 6.61 Å². The molecule has 0 spiro atoms. The molecular formula is C17H31NO2Si. The van der Waals surface area contributed by atoms with Crippen LogP contribution in [0, 0.1) is 6.92 Å². The molecule has 0 N–H and O–H groups in total. The summed E-state index contributed by atoms with van der Waals surface area (Å²) in [6.45, 7) is 16.1. The zero-order valence-corrected chi connectivity index (χ0v) is 15.7. The molecule has 0 aromatic carbocycles. The number of aryl methyl sites for hydroxylation is 2. The van der Waals surface area contributed by atoms with Crippen LogP contribution in [0.2, 0.25) is 18.1 Å². The Bertz CT molecular complexity index is 470. The number of aromatic nitrogens is 1. The second-order valence-electron chi connectivity index (χ2n) is 7.13. The molecule has 0 aliphatic heterocycles. The molecule has 1 heterocycles. The monoisotopic (exact) mass is 309 g/mol. The van der Waals surface area contributed by atoms with Crippen LogP contribution in [0.3, 0.4) is 0 Å². The smallest absolute Gasteiger partial charge is 0.194 e. The third-order valence-corrected chi connectivity index (χ3v) is 8.74. The molecule has 0 radical (unpaired) electrons. The van der Waals surface area contributed by atoms with E-state index in [1.165, 1.54) is 0 Å². The number of unbranched alkanes of at least 4 members (excludes halogenated alkanes) is 1. The maximum atomic E-state index is 6.12. The van der Waals surface area contributed by atoms with Gasteiger partial charge in [0.1, 0.15) is 11.5 Å². The fourth-order valence-electron chi connectivity index (χ4n) is 1.69. The van der Waals surface area contributed by atoms with Crippen LogP contribution in [-0.4, -0.2) is 19.9 Å². The van der Waals surface area contributed by atoms with E-state index in [1.54, 1.807) is 0 Å². The van der Waals surface area contributed by atoms with E-state index >= 15 is 0 Å². The van der Waals surface area contributed by atoms with Crippen LogP contribution in [-0.2, 0) is 10.8 Å². The maximum absolute atomic E-state index is 6.12. The van der Waals surface area contributed by atoms with Gasteiger partial charge in [-0.15, -0.1) is 0 Å². The predicted molar refractivity (Wildman–Crippen MR) is 92.0 cm³/mol. The molecule has 0 unspecified atom stereocenters. The first-order valence-electron chi connectivity index (χ1n) is 7.94. The number of oxazole rings is 1. The molecule has 0 saturated heterocycles. The second-order valence-corrected chi connectivity index (χ2v) is 11.9. The van der Waals surface area contributed by atoms with Crippen LogP contribution in [0.5, 0.6) is 0 Å². The van der Waals surface area contributed by atoms with Crippen LogP contribution in [0.4, 0.5) is 0 Å². The van der Waals surface area contributed by atoms with Gasteiger partial charge in [0, 0.05) is 6.42 Å². The summed E-state index contributed by atoms with van der Waals surface area (Å²) >= 11 is 0. The van der Waals surface area contributed by atoms with Crippen molar-refractivity contribution >= 4 is 14.4 Å². The molecule has 21 heavy (non-hydrogen) atoms. The van der Waals surface area contributed by atoms with Gasteiger partial charge in [0.2, 0.25) is 0 Å². The summed E-state index contributed by atoms with van der Waals surface area (Å²) in [5.41, 5.74) is 0.930. The lowest BCUT2D eigenvalue weighted by atomic mass is 10.2. The molecule has 4 heteroatoms. The zero-order valence-electron chi connectivity index (χ0n) is 14.7. The van der Waals surface area contributed by atoms with E-state index in [1.807, 2.05) is 13.0 Å². The molecule has 0 atom stereocenters. The van der Waals surface area contributed by atoms with E-state index in [0.717, 1.165) is 36.6 Å². The zero-order chi connectivity index (χ0) is 16.1. The van der Waals surface area contributed by atoms with E-state index in [4.69, 9.17) is 8.84 Å². The largest absolute Gasteiger partial charge is 0.445 e. The minimum absolute atomic E-state index is 0.248. The van der Waals surface area contributed by atoms with Gasteiger partial charge in [-0.05, 0) is 37.6 Å². The van der Waals surface area contributed by atoms with Crippen molar-refractivity contribution in [2.75, 3.05) is 6.61 Å². The van der Waals surface area contributed by atoms with Crippen molar-refractivity contribution in [3.05, 3.63) is 23.4 Å². The first-order valence-corrected chi connectivity index (χ1v) is 10.8. The molecule has 1 aromatic heterocycles. The van der Waals surface area contributed by atoms with Crippen LogP contribution in [0.1, 0.15) is 57.9 Å². The first kappa shape index (κ1) is 18.2. The lowest BCUT2D eigenvalue weighted by Gasteiger charge is -2.35. The molecule has 1 rings (SSSR count). The summed E-state index contributed by atoms with van der Waals surface area (Å²) in [4.78, 5) is 4.53. The quantitative estimate of drug-likeness (QED) is 0.636. The highest BCUT2D eigenvalue weighted by molar-refractivity contribution is 6.74. The van der Waals surface area contributed by atoms with E-state index in [2.05, 4.69) is 51.8 Å². The average Bonchev–Trinajstić information content (AvgIpc) is 2.71. The number of nitrogens with zero attached hydrogens (tertiary/aromatic N) is 1. The standard InChI is InChI=1S/C17H31NO2Si/c1-8-9-12-16-18-15(14(2)20-16)11-10-13-19-21(6,7)17(3,4)5/h10-11H,8-9,12-13H2,1-7H3/b11-10+. The third-order valence-electron chi connectivity index (χ3n) is 4.24. The number of hydrogen-bond donors (Lipinski definition) is 0. The highest BCUT2D eigenvalue weighted by Gasteiger charge is 2.36. The van der Waals surface area contributed by atoms with Crippen molar-refractivity contribution in [2.24, 2.45) is 0 Å². The summed E-state index contributed by atoms with van der Waals surface area (Å²) in [5, 5.41) is 0.248. The van der Waals surface area contributed by atoms with Crippen molar-refractivity contribution in [3.8, 4) is 0 Å². The van der Waals surface area contributed by atoms with Gasteiger partial charge in [-0.25, -0.2) is 4.98 Å². The van der Waals surface area contributed by atoms with Crippen LogP contribution >= 0.6 is 0 Å². The van der Waals surface area contributed by atoms with Crippen molar-refractivity contribution in [2.45, 2.75) is 72.0 Å². The lowest BCUT2D eigenvalue weighted by Crippen LogP contribution is -2.40. The summed E-state index contributed by atoms with van der Waals surface area (Å²) in [6, 6.07) is 0. The van der Waals surface area contributed by atoms with Gasteiger partial charge in [-0.1, -0.05) is 40.2 Å². The third kappa shape index (κ3) is 5.44. The SMILES string of the molecule is CCCCc1nc(/C=C/CO[Si](C)(C)C(C)(C)C)c(C)o1. The fraction of sp³-hybridized carbons (Fsp3) is 0.706. The van der Waals surface area contributed by atoms with Crippen LogP contribution in [0.15, 0.2) is 10.5 Å². The van der Waals surface area contributed by atoms with Crippen molar-refractivity contribution in [1.29, 1.82) is 0 Å². The van der Waals surface area contributed by atoms with Gasteiger partial charge in [-0.2, -0.15) is 0 Å². The Kier molecular flexibility index (Phi) is 6.41. The van der Waals surface area contributed by atoms with Crippen molar-refractivity contribution in [1.82, 2.24) is 4.98 Å². The molecule has 0 aliphatic rings. The first-order chi connectivity index (χ1) is 9.67. The maximum Gasteiger partial charge on any atom is 0.194 e. The van der Waals surface area contributed by atoms with E-state index < -0.39 is 8.32 Å². The number of rotatable bonds is 7. The fourth-order valence-corrected chi connectivity index (χ4v) is 2.63. The highest BCUT2D eigenvalue weighted by atomic mass is 28.4. The van der Waals surface area contributed by atoms with Gasteiger partial charge >= 0.3 is 0 Å². The van der Waals surface area contributed by atoms with E-state index in [9.17, 15) is 0 Å². The van der Waals surface area contributed by atoms with Crippen molar-refractivity contribution < 1.29 is 8.84 Å². The lowest BCUT2D eigenvalue weighted by molar-refractivity contribution is 0.328. The molecular weight excluding hydrogens is 278 g/mol. The Balaban J connectivity index is 2.56. The Morgan fingerprint density at radius 3 is 2.52 bits per heavy atom. The molecule has 0 saturated carbocycles. The predicted octanol–water partition coefficient (Wildman–Crippen LogP) is 5.36. The topological polar surface area (TPSA) is 35.3 Å². The van der Waals surface area contributed by atoms with Gasteiger partial charge in [0.15, 0.2) is 14.2 Å². The van der Waals surface area contributed by atoms with Gasteiger partial charge in [-0.3, -0.25) is 0 Å². The Labute approximate surface area is 130 Å². The van der Waals surface area contributed by atoms with Crippen LogP contribution < -0.4 is 0 Å². The number of hydrogen-bond acceptors (Lipinski definition) is 3. The Morgan fingerprint density at radius 2 is 1.95 bits per heavy atom. The van der Waals surface area contributed by atoms with Gasteiger partial charge < -0.3 is 8.84 Å². The second kappa shape index (κ2) is 7.41. The van der Waals surface area contributed by atoms with Crippen LogP contribution in [0.25, 0.3) is 6.08 Å². The average molecular weight is 310 g/mol. The summed E-state index contributed by atoms with van der Waals surface area (Å²) in [6.07, 6.45) is 7.27. The molecule has 3 nitrogen and oxygen atoms in total. The molecule has 1 aromatic rings. The van der Waals surface area contributed by atoms with E-state index in [-0.39, 0.29) is 5.04 Å². The summed E-state index contributed by atoms with van der Waals surface area (Å²) < 4.78 is 11.8. The molecule has 0 bridgehead atoms. The summed E-state index contributed by atoms with van der Waals surface area (Å²) in [7, 11) is -1.66. The molecule has 0 amide bonds. The highest BCUT2D eigenvalue weighted by Crippen LogP contribution is 2.36. The van der Waals surface area contributed by atoms with Gasteiger partial charge in [0.25, 0.3) is 0 Å². The van der Waals surface area contributed by atoms with Crippen molar-refractivity contribution in [3.63, 3.8) is 0 Å². The minimum Gasteiger partial charge on any atom is -0.445 e.